The lowest BCUT2D eigenvalue weighted by molar-refractivity contribution is -0.506. The number of hydrogen-bond acceptors (Lipinski definition) is 7. The third kappa shape index (κ3) is 2.11. The molecule has 4 heterocycles. The first-order valence-corrected chi connectivity index (χ1v) is 8.23. The SMILES string of the molecule is Nc1nc2cc(C3=[N+](C4CCOCC4)c4ncnc(N)c43)ccc2o1. The van der Waals surface area contributed by atoms with Gasteiger partial charge >= 0.3 is 5.82 Å². The van der Waals surface area contributed by atoms with Crippen LogP contribution in [-0.2, 0) is 4.74 Å². The first-order chi connectivity index (χ1) is 12.2. The summed E-state index contributed by atoms with van der Waals surface area (Å²) in [6, 6.07) is 6.33. The molecule has 0 aliphatic carbocycles. The van der Waals surface area contributed by atoms with Crippen LogP contribution in [0.4, 0.5) is 17.7 Å². The van der Waals surface area contributed by atoms with Crippen LogP contribution >= 0.6 is 0 Å². The second-order valence-corrected chi connectivity index (χ2v) is 6.25. The Kier molecular flexibility index (Phi) is 3.01. The van der Waals surface area contributed by atoms with Crippen molar-refractivity contribution in [3.05, 3.63) is 35.7 Å². The van der Waals surface area contributed by atoms with Crippen LogP contribution in [-0.4, -0.2) is 44.5 Å². The van der Waals surface area contributed by atoms with Crippen molar-refractivity contribution in [2.45, 2.75) is 18.9 Å². The number of ether oxygens (including phenoxy) is 1. The van der Waals surface area contributed by atoms with Gasteiger partial charge in [-0.1, -0.05) is 0 Å². The Morgan fingerprint density at radius 1 is 1.12 bits per heavy atom. The molecule has 2 aromatic heterocycles. The molecular weight excluding hydrogens is 320 g/mol. The van der Waals surface area contributed by atoms with E-state index >= 15 is 0 Å². The summed E-state index contributed by atoms with van der Waals surface area (Å²) in [5, 5.41) is 0. The zero-order valence-electron chi connectivity index (χ0n) is 13.5. The van der Waals surface area contributed by atoms with Crippen molar-refractivity contribution in [2.24, 2.45) is 0 Å². The second-order valence-electron chi connectivity index (χ2n) is 6.25. The van der Waals surface area contributed by atoms with Crippen molar-refractivity contribution in [1.29, 1.82) is 0 Å². The fourth-order valence-electron chi connectivity index (χ4n) is 3.65. The Hall–Kier alpha value is -3.00. The van der Waals surface area contributed by atoms with Gasteiger partial charge in [0.2, 0.25) is 6.33 Å². The predicted molar refractivity (Wildman–Crippen MR) is 91.8 cm³/mol. The number of nitrogens with zero attached hydrogens (tertiary/aromatic N) is 4. The Balaban J connectivity index is 1.69. The highest BCUT2D eigenvalue weighted by molar-refractivity contribution is 6.19. The van der Waals surface area contributed by atoms with Crippen molar-refractivity contribution in [3.8, 4) is 0 Å². The maximum atomic E-state index is 6.13. The lowest BCUT2D eigenvalue weighted by Gasteiger charge is -2.30. The van der Waals surface area contributed by atoms with Crippen LogP contribution in [0.3, 0.4) is 0 Å². The van der Waals surface area contributed by atoms with Gasteiger partial charge in [-0.2, -0.15) is 9.97 Å². The number of anilines is 2. The zero-order chi connectivity index (χ0) is 17.0. The number of nitrogens with two attached hydrogens (primary N) is 2. The van der Waals surface area contributed by atoms with Crippen LogP contribution < -0.4 is 11.5 Å². The monoisotopic (exact) mass is 337 g/mol. The number of benzene rings is 1. The molecule has 8 nitrogen and oxygen atoms in total. The lowest BCUT2D eigenvalue weighted by Crippen LogP contribution is -2.41. The highest BCUT2D eigenvalue weighted by Gasteiger charge is 2.43. The van der Waals surface area contributed by atoms with Crippen molar-refractivity contribution in [2.75, 3.05) is 24.7 Å². The molecule has 0 bridgehead atoms. The molecule has 4 N–H and O–H groups in total. The van der Waals surface area contributed by atoms with E-state index in [1.807, 2.05) is 18.2 Å². The minimum atomic E-state index is 0.162. The minimum absolute atomic E-state index is 0.162. The number of aromatic nitrogens is 3. The molecule has 0 saturated carbocycles. The summed E-state index contributed by atoms with van der Waals surface area (Å²) in [5.74, 6) is 1.37. The summed E-state index contributed by atoms with van der Waals surface area (Å²) in [5.41, 5.74) is 16.1. The van der Waals surface area contributed by atoms with E-state index in [0.29, 0.717) is 17.4 Å². The molecular formula is C17H17N6O2+. The maximum Gasteiger partial charge on any atom is 0.341 e. The summed E-state index contributed by atoms with van der Waals surface area (Å²) in [4.78, 5) is 12.8. The highest BCUT2D eigenvalue weighted by atomic mass is 16.5. The van der Waals surface area contributed by atoms with Crippen LogP contribution in [0.15, 0.2) is 28.9 Å². The summed E-state index contributed by atoms with van der Waals surface area (Å²) in [6.07, 6.45) is 3.41. The minimum Gasteiger partial charge on any atom is -0.424 e. The molecule has 1 aromatic carbocycles. The molecule has 0 spiro atoms. The summed E-state index contributed by atoms with van der Waals surface area (Å²) in [6.45, 7) is 1.51. The molecule has 1 saturated heterocycles. The van der Waals surface area contributed by atoms with E-state index in [1.54, 1.807) is 0 Å². The predicted octanol–water partition coefficient (Wildman–Crippen LogP) is 1.46. The van der Waals surface area contributed by atoms with Gasteiger partial charge in [-0.15, -0.1) is 0 Å². The first-order valence-electron chi connectivity index (χ1n) is 8.23. The lowest BCUT2D eigenvalue weighted by atomic mass is 9.93. The molecule has 3 aromatic rings. The summed E-state index contributed by atoms with van der Waals surface area (Å²) in [7, 11) is 0. The number of nitrogen functional groups attached to an aromatic ring is 2. The van der Waals surface area contributed by atoms with Gasteiger partial charge in [-0.05, 0) is 23.2 Å². The van der Waals surface area contributed by atoms with Gasteiger partial charge in [0.25, 0.3) is 6.01 Å². The Labute approximate surface area is 143 Å². The van der Waals surface area contributed by atoms with Crippen molar-refractivity contribution in [1.82, 2.24) is 15.0 Å². The quantitative estimate of drug-likeness (QED) is 0.680. The third-order valence-electron chi connectivity index (χ3n) is 4.80. The molecule has 0 amide bonds. The third-order valence-corrected chi connectivity index (χ3v) is 4.80. The van der Waals surface area contributed by atoms with Gasteiger partial charge in [0.15, 0.2) is 16.9 Å². The molecule has 8 heteroatoms. The largest absolute Gasteiger partial charge is 0.424 e. The molecule has 25 heavy (non-hydrogen) atoms. The standard InChI is InChI=1S/C17H16N6O2/c18-15-13-14(9-1-2-12-11(7-9)22-17(19)25-12)23(16(13)21-8-20-15)10-3-5-24-6-4-10/h1-2,7-8,10,18H,3-6H2,(H2,19,22)/p+1. The average molecular weight is 337 g/mol. The Bertz CT molecular complexity index is 1020. The van der Waals surface area contributed by atoms with Crippen molar-refractivity contribution < 1.29 is 13.7 Å². The van der Waals surface area contributed by atoms with E-state index in [1.165, 1.54) is 6.33 Å². The molecule has 0 radical (unpaired) electrons. The van der Waals surface area contributed by atoms with E-state index in [9.17, 15) is 0 Å². The van der Waals surface area contributed by atoms with Crippen LogP contribution in [0.2, 0.25) is 0 Å². The molecule has 0 unspecified atom stereocenters. The Morgan fingerprint density at radius 2 is 1.96 bits per heavy atom. The molecule has 2 aliphatic rings. The molecule has 126 valence electrons. The highest BCUT2D eigenvalue weighted by Crippen LogP contribution is 2.37. The van der Waals surface area contributed by atoms with Crippen LogP contribution in [0.1, 0.15) is 24.0 Å². The van der Waals surface area contributed by atoms with Gasteiger partial charge in [0.1, 0.15) is 17.4 Å². The van der Waals surface area contributed by atoms with Gasteiger partial charge < -0.3 is 20.6 Å². The smallest absolute Gasteiger partial charge is 0.341 e. The Morgan fingerprint density at radius 3 is 2.80 bits per heavy atom. The van der Waals surface area contributed by atoms with Crippen LogP contribution in [0.5, 0.6) is 0 Å². The zero-order valence-corrected chi connectivity index (χ0v) is 13.5. The van der Waals surface area contributed by atoms with E-state index < -0.39 is 0 Å². The number of rotatable bonds is 2. The molecule has 0 atom stereocenters. The van der Waals surface area contributed by atoms with E-state index in [0.717, 1.165) is 54.2 Å². The maximum absolute atomic E-state index is 6.13. The summed E-state index contributed by atoms with van der Waals surface area (Å²) >= 11 is 0. The van der Waals surface area contributed by atoms with Crippen molar-refractivity contribution >= 4 is 34.5 Å². The normalized spacial score (nSPS) is 17.6. The van der Waals surface area contributed by atoms with E-state index in [2.05, 4.69) is 19.5 Å². The van der Waals surface area contributed by atoms with Crippen molar-refractivity contribution in [3.63, 3.8) is 0 Å². The number of hydrogen-bond donors (Lipinski definition) is 2. The van der Waals surface area contributed by atoms with Crippen LogP contribution in [0.25, 0.3) is 11.1 Å². The van der Waals surface area contributed by atoms with Crippen LogP contribution in [0, 0.1) is 0 Å². The number of fused-ring (bicyclic) bond motifs is 2. The fraction of sp³-hybridized carbons (Fsp3) is 0.294. The van der Waals surface area contributed by atoms with Gasteiger partial charge in [-0.25, -0.2) is 4.58 Å². The van der Waals surface area contributed by atoms with E-state index in [4.69, 9.17) is 20.6 Å². The van der Waals surface area contributed by atoms with Gasteiger partial charge in [-0.3, -0.25) is 0 Å². The number of oxazole rings is 1. The second kappa shape index (κ2) is 5.25. The van der Waals surface area contributed by atoms with Gasteiger partial charge in [0.05, 0.1) is 13.2 Å². The topological polar surface area (TPSA) is 116 Å². The molecule has 1 fully saturated rings. The fourth-order valence-corrected chi connectivity index (χ4v) is 3.65. The summed E-state index contributed by atoms with van der Waals surface area (Å²) < 4.78 is 13.1. The first kappa shape index (κ1) is 14.4. The molecule has 5 rings (SSSR count). The molecule has 2 aliphatic heterocycles. The van der Waals surface area contributed by atoms with E-state index in [-0.39, 0.29) is 6.01 Å². The van der Waals surface area contributed by atoms with Gasteiger partial charge in [0, 0.05) is 18.4 Å². The average Bonchev–Trinajstić information content (AvgIpc) is 2.97.